The van der Waals surface area contributed by atoms with E-state index in [1.165, 1.54) is 0 Å². The monoisotopic (exact) mass is 286 g/mol. The average molecular weight is 286 g/mol. The van der Waals surface area contributed by atoms with E-state index in [1.807, 2.05) is 24.3 Å². The van der Waals surface area contributed by atoms with Crippen molar-refractivity contribution in [3.63, 3.8) is 0 Å². The van der Waals surface area contributed by atoms with Gasteiger partial charge in [0.25, 0.3) is 0 Å². The summed E-state index contributed by atoms with van der Waals surface area (Å²) < 4.78 is 28.3. The molecule has 0 saturated carbocycles. The number of nitrogens with zero attached hydrogens (tertiary/aromatic N) is 2. The average Bonchev–Trinajstić information content (AvgIpc) is 2.86. The Balaban J connectivity index is 1.79. The molecule has 0 N–H and O–H groups in total. The maximum atomic E-state index is 13.5. The zero-order valence-corrected chi connectivity index (χ0v) is 11.1. The first-order valence-corrected chi connectivity index (χ1v) is 6.49. The molecule has 0 fully saturated rings. The zero-order valence-electron chi connectivity index (χ0n) is 11.1. The Labute approximate surface area is 119 Å². The van der Waals surface area contributed by atoms with Gasteiger partial charge in [-0.3, -0.25) is 4.79 Å². The van der Waals surface area contributed by atoms with Crippen molar-refractivity contribution in [3.05, 3.63) is 66.0 Å². The second-order valence-corrected chi connectivity index (χ2v) is 4.81. The van der Waals surface area contributed by atoms with Gasteiger partial charge in [0.05, 0.1) is 23.9 Å². The molecule has 0 bridgehead atoms. The topological polar surface area (TPSA) is 34.9 Å². The number of imidazole rings is 1. The molecule has 0 saturated heterocycles. The molecule has 3 aromatic rings. The number of aromatic nitrogens is 2. The lowest BCUT2D eigenvalue weighted by Gasteiger charge is -2.05. The standard InChI is InChI=1S/C16H12F2N2O/c17-12-5-6-14(18)11(7-12)8-13(21)9-20-10-19-15-3-1-2-4-16(15)20/h1-7,10H,8-9H2. The number of para-hydroxylation sites is 2. The summed E-state index contributed by atoms with van der Waals surface area (Å²) in [5.74, 6) is -1.32. The van der Waals surface area contributed by atoms with Crippen LogP contribution in [0.1, 0.15) is 5.56 Å². The summed E-state index contributed by atoms with van der Waals surface area (Å²) in [5.41, 5.74) is 1.71. The molecule has 0 atom stereocenters. The molecule has 0 spiro atoms. The molecule has 2 aromatic carbocycles. The lowest BCUT2D eigenvalue weighted by molar-refractivity contribution is -0.119. The first-order chi connectivity index (χ1) is 10.1. The molecule has 3 nitrogen and oxygen atoms in total. The molecule has 0 aliphatic rings. The summed E-state index contributed by atoms with van der Waals surface area (Å²) in [4.78, 5) is 16.2. The van der Waals surface area contributed by atoms with Gasteiger partial charge in [-0.2, -0.15) is 0 Å². The molecule has 0 aliphatic heterocycles. The Hall–Kier alpha value is -2.56. The van der Waals surface area contributed by atoms with Gasteiger partial charge in [0.15, 0.2) is 5.78 Å². The van der Waals surface area contributed by atoms with Gasteiger partial charge < -0.3 is 4.57 Å². The number of hydrogen-bond acceptors (Lipinski definition) is 2. The minimum absolute atomic E-state index is 0.0735. The zero-order chi connectivity index (χ0) is 14.8. The van der Waals surface area contributed by atoms with Crippen LogP contribution in [0, 0.1) is 11.6 Å². The van der Waals surface area contributed by atoms with E-state index in [2.05, 4.69) is 4.98 Å². The van der Waals surface area contributed by atoms with Crippen LogP contribution in [0.2, 0.25) is 0 Å². The third-order valence-electron chi connectivity index (χ3n) is 3.27. The first kappa shape index (κ1) is 13.4. The van der Waals surface area contributed by atoms with E-state index in [9.17, 15) is 13.6 Å². The summed E-state index contributed by atoms with van der Waals surface area (Å²) in [6.07, 6.45) is 1.43. The van der Waals surface area contributed by atoms with Crippen molar-refractivity contribution in [2.45, 2.75) is 13.0 Å². The molecule has 3 rings (SSSR count). The number of Topliss-reactive ketones (excluding diaryl/α,β-unsaturated/α-hetero) is 1. The number of fused-ring (bicyclic) bond motifs is 1. The van der Waals surface area contributed by atoms with Crippen LogP contribution < -0.4 is 0 Å². The van der Waals surface area contributed by atoms with Gasteiger partial charge in [-0.25, -0.2) is 13.8 Å². The van der Waals surface area contributed by atoms with Gasteiger partial charge in [-0.15, -0.1) is 0 Å². The summed E-state index contributed by atoms with van der Waals surface area (Å²) in [6, 6.07) is 10.6. The van der Waals surface area contributed by atoms with E-state index in [0.29, 0.717) is 0 Å². The second kappa shape index (κ2) is 5.44. The molecule has 0 aliphatic carbocycles. The lowest BCUT2D eigenvalue weighted by atomic mass is 10.1. The van der Waals surface area contributed by atoms with Crippen LogP contribution in [0.5, 0.6) is 0 Å². The van der Waals surface area contributed by atoms with Crippen molar-refractivity contribution in [3.8, 4) is 0 Å². The molecular formula is C16H12F2N2O. The number of carbonyl (C=O) groups excluding carboxylic acids is 1. The Morgan fingerprint density at radius 2 is 1.95 bits per heavy atom. The number of hydrogen-bond donors (Lipinski definition) is 0. The Morgan fingerprint density at radius 3 is 2.81 bits per heavy atom. The molecule has 106 valence electrons. The number of benzene rings is 2. The van der Waals surface area contributed by atoms with Crippen LogP contribution in [-0.4, -0.2) is 15.3 Å². The van der Waals surface area contributed by atoms with Gasteiger partial charge in [-0.05, 0) is 35.9 Å². The first-order valence-electron chi connectivity index (χ1n) is 6.49. The minimum Gasteiger partial charge on any atom is -0.323 e. The normalized spacial score (nSPS) is 11.0. The Kier molecular flexibility index (Phi) is 3.48. The summed E-state index contributed by atoms with van der Waals surface area (Å²) in [6.45, 7) is 0.0798. The summed E-state index contributed by atoms with van der Waals surface area (Å²) in [7, 11) is 0. The second-order valence-electron chi connectivity index (χ2n) is 4.81. The van der Waals surface area contributed by atoms with E-state index < -0.39 is 11.6 Å². The summed E-state index contributed by atoms with van der Waals surface area (Å²) >= 11 is 0. The van der Waals surface area contributed by atoms with Crippen molar-refractivity contribution >= 4 is 16.8 Å². The van der Waals surface area contributed by atoms with Crippen molar-refractivity contribution in [2.75, 3.05) is 0 Å². The molecule has 0 amide bonds. The third-order valence-corrected chi connectivity index (χ3v) is 3.27. The van der Waals surface area contributed by atoms with Crippen LogP contribution in [-0.2, 0) is 17.8 Å². The molecule has 1 heterocycles. The molecule has 5 heteroatoms. The fourth-order valence-electron chi connectivity index (χ4n) is 2.27. The molecule has 0 unspecified atom stereocenters. The predicted octanol–water partition coefficient (Wildman–Crippen LogP) is 3.13. The number of carbonyl (C=O) groups is 1. The smallest absolute Gasteiger partial charge is 0.157 e. The van der Waals surface area contributed by atoms with Gasteiger partial charge in [0.1, 0.15) is 11.6 Å². The maximum Gasteiger partial charge on any atom is 0.157 e. The van der Waals surface area contributed by atoms with E-state index in [1.54, 1.807) is 10.9 Å². The Morgan fingerprint density at radius 1 is 1.14 bits per heavy atom. The van der Waals surface area contributed by atoms with Crippen LogP contribution in [0.3, 0.4) is 0 Å². The van der Waals surface area contributed by atoms with Gasteiger partial charge in [0, 0.05) is 6.42 Å². The van der Waals surface area contributed by atoms with E-state index in [4.69, 9.17) is 0 Å². The fraction of sp³-hybridized carbons (Fsp3) is 0.125. The number of ketones is 1. The van der Waals surface area contributed by atoms with Crippen molar-refractivity contribution < 1.29 is 13.6 Å². The molecule has 21 heavy (non-hydrogen) atoms. The van der Waals surface area contributed by atoms with Crippen LogP contribution in [0.4, 0.5) is 8.78 Å². The van der Waals surface area contributed by atoms with Gasteiger partial charge >= 0.3 is 0 Å². The van der Waals surface area contributed by atoms with Crippen molar-refractivity contribution in [1.82, 2.24) is 9.55 Å². The highest BCUT2D eigenvalue weighted by atomic mass is 19.1. The van der Waals surface area contributed by atoms with Gasteiger partial charge in [-0.1, -0.05) is 12.1 Å². The quantitative estimate of drug-likeness (QED) is 0.738. The van der Waals surface area contributed by atoms with Crippen molar-refractivity contribution in [2.24, 2.45) is 0 Å². The summed E-state index contributed by atoms with van der Waals surface area (Å²) in [5, 5.41) is 0. The highest BCUT2D eigenvalue weighted by molar-refractivity contribution is 5.83. The largest absolute Gasteiger partial charge is 0.323 e. The molecule has 1 aromatic heterocycles. The van der Waals surface area contributed by atoms with E-state index >= 15 is 0 Å². The number of rotatable bonds is 4. The SMILES string of the molecule is O=C(Cc1cc(F)ccc1F)Cn1cnc2ccccc21. The van der Waals surface area contributed by atoms with Crippen molar-refractivity contribution in [1.29, 1.82) is 0 Å². The molecular weight excluding hydrogens is 274 g/mol. The minimum atomic E-state index is -0.569. The van der Waals surface area contributed by atoms with Gasteiger partial charge in [0.2, 0.25) is 0 Å². The third kappa shape index (κ3) is 2.81. The van der Waals surface area contributed by atoms with Crippen LogP contribution in [0.25, 0.3) is 11.0 Å². The van der Waals surface area contributed by atoms with E-state index in [-0.39, 0.29) is 24.3 Å². The molecule has 0 radical (unpaired) electrons. The fourth-order valence-corrected chi connectivity index (χ4v) is 2.27. The maximum absolute atomic E-state index is 13.5. The van der Waals surface area contributed by atoms with Crippen LogP contribution in [0.15, 0.2) is 48.8 Å². The lowest BCUT2D eigenvalue weighted by Crippen LogP contribution is -2.12. The number of halogens is 2. The van der Waals surface area contributed by atoms with Crippen LogP contribution >= 0.6 is 0 Å². The van der Waals surface area contributed by atoms with E-state index in [0.717, 1.165) is 29.2 Å². The predicted molar refractivity (Wildman–Crippen MR) is 74.8 cm³/mol. The highest BCUT2D eigenvalue weighted by Crippen LogP contribution is 2.14. The Bertz CT molecular complexity index is 811. The highest BCUT2D eigenvalue weighted by Gasteiger charge is 2.11.